The van der Waals surface area contributed by atoms with E-state index >= 15 is 0 Å². The molecule has 3 N–H and O–H groups in total. The van der Waals surface area contributed by atoms with Crippen LogP contribution in [0.25, 0.3) is 0 Å². The summed E-state index contributed by atoms with van der Waals surface area (Å²) >= 11 is 0. The number of alkyl carbamates (subject to hydrolysis) is 1. The van der Waals surface area contributed by atoms with Crippen LogP contribution in [0.2, 0.25) is 0 Å². The first kappa shape index (κ1) is 15.7. The van der Waals surface area contributed by atoms with Gasteiger partial charge in [-0.25, -0.2) is 14.5 Å². The quantitative estimate of drug-likeness (QED) is 0.524. The number of hydrogen-bond donors (Lipinski definition) is 3. The number of rotatable bonds is 3. The molecule has 0 bridgehead atoms. The van der Waals surface area contributed by atoms with Crippen LogP contribution in [-0.4, -0.2) is 40.3 Å². The third kappa shape index (κ3) is 4.66. The van der Waals surface area contributed by atoms with Gasteiger partial charge in [0.2, 0.25) is 0 Å². The minimum atomic E-state index is -0.824. The molecule has 110 valence electrons. The second kappa shape index (κ2) is 6.18. The standard InChI is InChI=1S/C11H19NO7/c1-11(2,3)17-10(14)12-7-4-6(9(13)19-16)5-8(7)18-15/h6-8,15-16H,4-5H2,1-3H3,(H,12,14). The molecule has 0 aliphatic heterocycles. The molecule has 0 aromatic rings. The summed E-state index contributed by atoms with van der Waals surface area (Å²) in [4.78, 5) is 30.6. The lowest BCUT2D eigenvalue weighted by Gasteiger charge is -2.23. The molecule has 3 atom stereocenters. The highest BCUT2D eigenvalue weighted by Gasteiger charge is 2.41. The van der Waals surface area contributed by atoms with Crippen molar-refractivity contribution in [2.24, 2.45) is 5.92 Å². The van der Waals surface area contributed by atoms with Gasteiger partial charge in [-0.2, -0.15) is 5.26 Å². The maximum Gasteiger partial charge on any atom is 0.407 e. The van der Waals surface area contributed by atoms with E-state index in [0.29, 0.717) is 0 Å². The van der Waals surface area contributed by atoms with Crippen LogP contribution < -0.4 is 5.32 Å². The SMILES string of the molecule is CC(C)(C)OC(=O)NC1CC(C(=O)OO)CC1OO. The van der Waals surface area contributed by atoms with Gasteiger partial charge < -0.3 is 14.9 Å². The third-order valence-electron chi connectivity index (χ3n) is 2.76. The summed E-state index contributed by atoms with van der Waals surface area (Å²) in [7, 11) is 0. The fraction of sp³-hybridized carbons (Fsp3) is 0.818. The Morgan fingerprint density at radius 2 is 1.84 bits per heavy atom. The van der Waals surface area contributed by atoms with Crippen LogP contribution in [0.15, 0.2) is 0 Å². The number of carbonyl (C=O) groups excluding carboxylic acids is 2. The van der Waals surface area contributed by atoms with E-state index in [-0.39, 0.29) is 12.8 Å². The maximum absolute atomic E-state index is 11.6. The van der Waals surface area contributed by atoms with Crippen molar-refractivity contribution in [3.05, 3.63) is 0 Å². The molecule has 1 aliphatic carbocycles. The first-order chi connectivity index (χ1) is 8.76. The molecule has 0 heterocycles. The lowest BCUT2D eigenvalue weighted by Crippen LogP contribution is -2.43. The summed E-state index contributed by atoms with van der Waals surface area (Å²) in [6.07, 6.45) is -1.10. The summed E-state index contributed by atoms with van der Waals surface area (Å²) < 4.78 is 5.06. The Bertz CT molecular complexity index is 338. The van der Waals surface area contributed by atoms with Gasteiger partial charge in [0.1, 0.15) is 11.7 Å². The van der Waals surface area contributed by atoms with Crippen LogP contribution in [0.1, 0.15) is 33.6 Å². The highest BCUT2D eigenvalue weighted by atomic mass is 17.1. The number of ether oxygens (including phenoxy) is 1. The van der Waals surface area contributed by atoms with Gasteiger partial charge in [-0.05, 0) is 33.6 Å². The van der Waals surface area contributed by atoms with Crippen molar-refractivity contribution in [2.75, 3.05) is 0 Å². The van der Waals surface area contributed by atoms with Gasteiger partial charge in [-0.15, -0.1) is 0 Å². The number of hydrogen-bond acceptors (Lipinski definition) is 7. The fourth-order valence-corrected chi connectivity index (χ4v) is 1.99. The third-order valence-corrected chi connectivity index (χ3v) is 2.76. The van der Waals surface area contributed by atoms with Crippen LogP contribution in [0.5, 0.6) is 0 Å². The van der Waals surface area contributed by atoms with E-state index < -0.39 is 35.7 Å². The monoisotopic (exact) mass is 277 g/mol. The average Bonchev–Trinajstić information content (AvgIpc) is 2.68. The molecule has 1 fully saturated rings. The van der Waals surface area contributed by atoms with Crippen molar-refractivity contribution in [3.8, 4) is 0 Å². The molecular formula is C11H19NO7. The second-order valence-electron chi connectivity index (χ2n) is 5.48. The zero-order valence-electron chi connectivity index (χ0n) is 11.1. The van der Waals surface area contributed by atoms with Gasteiger partial charge in [0.25, 0.3) is 0 Å². The van der Waals surface area contributed by atoms with Crippen molar-refractivity contribution in [3.63, 3.8) is 0 Å². The van der Waals surface area contributed by atoms with E-state index in [1.54, 1.807) is 20.8 Å². The molecule has 19 heavy (non-hydrogen) atoms. The van der Waals surface area contributed by atoms with E-state index in [2.05, 4.69) is 15.1 Å². The lowest BCUT2D eigenvalue weighted by atomic mass is 10.1. The first-order valence-electron chi connectivity index (χ1n) is 5.92. The predicted octanol–water partition coefficient (Wildman–Crippen LogP) is 1.16. The van der Waals surface area contributed by atoms with Gasteiger partial charge in [-0.3, -0.25) is 5.26 Å². The zero-order chi connectivity index (χ0) is 14.6. The highest BCUT2D eigenvalue weighted by molar-refractivity contribution is 5.73. The molecule has 8 heteroatoms. The Labute approximate surface area is 110 Å². The van der Waals surface area contributed by atoms with E-state index in [9.17, 15) is 9.59 Å². The zero-order valence-corrected chi connectivity index (χ0v) is 11.1. The normalized spacial score (nSPS) is 26.9. The van der Waals surface area contributed by atoms with Crippen molar-refractivity contribution in [1.82, 2.24) is 5.32 Å². The van der Waals surface area contributed by atoms with Crippen molar-refractivity contribution in [2.45, 2.75) is 51.4 Å². The van der Waals surface area contributed by atoms with Gasteiger partial charge >= 0.3 is 12.1 Å². The Hall–Kier alpha value is -1.38. The molecule has 0 spiro atoms. The summed E-state index contributed by atoms with van der Waals surface area (Å²) in [6, 6.07) is -0.594. The Balaban J connectivity index is 2.57. The van der Waals surface area contributed by atoms with Crippen LogP contribution in [0.3, 0.4) is 0 Å². The van der Waals surface area contributed by atoms with Crippen molar-refractivity contribution >= 4 is 12.1 Å². The molecule has 0 saturated heterocycles. The molecular weight excluding hydrogens is 258 g/mol. The Kier molecular flexibility index (Phi) is 5.10. The minimum Gasteiger partial charge on any atom is -0.444 e. The fourth-order valence-electron chi connectivity index (χ4n) is 1.99. The van der Waals surface area contributed by atoms with E-state index in [4.69, 9.17) is 15.3 Å². The number of amides is 1. The Morgan fingerprint density at radius 3 is 2.32 bits per heavy atom. The minimum absolute atomic E-state index is 0.135. The summed E-state index contributed by atoms with van der Waals surface area (Å²) in [5, 5.41) is 19.6. The molecule has 0 aromatic carbocycles. The van der Waals surface area contributed by atoms with Gasteiger partial charge in [0.15, 0.2) is 0 Å². The molecule has 1 rings (SSSR count). The smallest absolute Gasteiger partial charge is 0.407 e. The molecule has 0 aromatic heterocycles. The number of nitrogens with one attached hydrogen (secondary N) is 1. The maximum atomic E-state index is 11.6. The Morgan fingerprint density at radius 1 is 1.21 bits per heavy atom. The van der Waals surface area contributed by atoms with E-state index in [0.717, 1.165) is 0 Å². The van der Waals surface area contributed by atoms with Gasteiger partial charge in [0.05, 0.1) is 12.0 Å². The van der Waals surface area contributed by atoms with E-state index in [1.165, 1.54) is 0 Å². The first-order valence-corrected chi connectivity index (χ1v) is 5.92. The molecule has 8 nitrogen and oxygen atoms in total. The molecule has 1 saturated carbocycles. The summed E-state index contributed by atoms with van der Waals surface area (Å²) in [5.41, 5.74) is -0.651. The molecule has 0 radical (unpaired) electrons. The van der Waals surface area contributed by atoms with Crippen LogP contribution in [0, 0.1) is 5.92 Å². The second-order valence-corrected chi connectivity index (χ2v) is 5.48. The number of carbonyl (C=O) groups is 2. The topological polar surface area (TPSA) is 114 Å². The summed E-state index contributed by atoms with van der Waals surface area (Å²) in [5.74, 6) is -1.47. The lowest BCUT2D eigenvalue weighted by molar-refractivity contribution is -0.281. The van der Waals surface area contributed by atoms with Crippen molar-refractivity contribution in [1.29, 1.82) is 0 Å². The van der Waals surface area contributed by atoms with Crippen molar-refractivity contribution < 1.29 is 34.6 Å². The molecule has 1 amide bonds. The van der Waals surface area contributed by atoms with Gasteiger partial charge in [-0.1, -0.05) is 0 Å². The highest BCUT2D eigenvalue weighted by Crippen LogP contribution is 2.29. The molecule has 3 unspecified atom stereocenters. The predicted molar refractivity (Wildman–Crippen MR) is 62.1 cm³/mol. The van der Waals surface area contributed by atoms with E-state index in [1.807, 2.05) is 0 Å². The van der Waals surface area contributed by atoms with Crippen LogP contribution in [-0.2, 0) is 19.3 Å². The average molecular weight is 277 g/mol. The largest absolute Gasteiger partial charge is 0.444 e. The molecule has 1 aliphatic rings. The summed E-state index contributed by atoms with van der Waals surface area (Å²) in [6.45, 7) is 5.15. The van der Waals surface area contributed by atoms with Gasteiger partial charge in [0, 0.05) is 0 Å². The van der Waals surface area contributed by atoms with Crippen LogP contribution >= 0.6 is 0 Å². The van der Waals surface area contributed by atoms with Crippen LogP contribution in [0.4, 0.5) is 4.79 Å².